The third-order valence-electron chi connectivity index (χ3n) is 3.55. The first-order valence-corrected chi connectivity index (χ1v) is 6.44. The molecule has 1 saturated heterocycles. The van der Waals surface area contributed by atoms with Crippen LogP contribution in [0.1, 0.15) is 5.82 Å². The number of β-amino-alcohol motifs (C(OH)–C–C–N with tert-alkyl or cyclic N) is 2. The number of hydrogen-bond donors (Lipinski definition) is 4. The highest BCUT2D eigenvalue weighted by atomic mass is 16.3. The zero-order valence-corrected chi connectivity index (χ0v) is 10.6. The van der Waals surface area contributed by atoms with E-state index in [0.29, 0.717) is 18.8 Å². The first-order valence-electron chi connectivity index (χ1n) is 6.44. The zero-order chi connectivity index (χ0) is 13.4. The zero-order valence-electron chi connectivity index (χ0n) is 10.6. The van der Waals surface area contributed by atoms with Crippen LogP contribution < -0.4 is 5.73 Å². The normalized spacial score (nSPS) is 24.3. The number of aromatic nitrogens is 2. The molecule has 2 aromatic rings. The van der Waals surface area contributed by atoms with Gasteiger partial charge < -0.3 is 20.9 Å². The van der Waals surface area contributed by atoms with Gasteiger partial charge in [-0.15, -0.1) is 0 Å². The molecule has 6 nitrogen and oxygen atoms in total. The van der Waals surface area contributed by atoms with Gasteiger partial charge in [0.05, 0.1) is 23.2 Å². The molecule has 0 amide bonds. The van der Waals surface area contributed by atoms with Crippen molar-refractivity contribution in [1.29, 1.82) is 0 Å². The number of hydrogen-bond acceptors (Lipinski definition) is 5. The van der Waals surface area contributed by atoms with Crippen molar-refractivity contribution in [2.24, 2.45) is 0 Å². The van der Waals surface area contributed by atoms with Crippen molar-refractivity contribution in [3.05, 3.63) is 24.0 Å². The second-order valence-corrected chi connectivity index (χ2v) is 5.10. The molecule has 1 aromatic heterocycles. The quantitative estimate of drug-likeness (QED) is 0.571. The third kappa shape index (κ3) is 2.56. The molecule has 6 heteroatoms. The number of anilines is 1. The Morgan fingerprint density at radius 3 is 2.79 bits per heavy atom. The lowest BCUT2D eigenvalue weighted by molar-refractivity contribution is 0.0572. The molecule has 2 atom stereocenters. The number of nitrogens with zero attached hydrogens (tertiary/aromatic N) is 2. The number of aliphatic hydroxyl groups is 2. The van der Waals surface area contributed by atoms with Crippen LogP contribution >= 0.6 is 0 Å². The molecule has 1 aromatic carbocycles. The van der Waals surface area contributed by atoms with E-state index in [1.807, 2.05) is 23.1 Å². The lowest BCUT2D eigenvalue weighted by atomic mass is 10.3. The lowest BCUT2D eigenvalue weighted by Gasteiger charge is -2.12. The lowest BCUT2D eigenvalue weighted by Crippen LogP contribution is -2.24. The Balaban J connectivity index is 1.65. The van der Waals surface area contributed by atoms with Crippen LogP contribution in [-0.4, -0.2) is 56.9 Å². The number of nitrogens with one attached hydrogen (secondary N) is 1. The summed E-state index contributed by atoms with van der Waals surface area (Å²) in [6.07, 6.45) is -0.500. The van der Waals surface area contributed by atoms with Crippen LogP contribution in [0, 0.1) is 0 Å². The molecular formula is C13H18N4O2. The fourth-order valence-corrected chi connectivity index (χ4v) is 2.49. The largest absolute Gasteiger partial charge is 0.399 e. The number of likely N-dealkylation sites (tertiary alicyclic amines) is 1. The molecule has 1 fully saturated rings. The molecule has 0 radical (unpaired) electrons. The number of aromatic amines is 1. The van der Waals surface area contributed by atoms with Gasteiger partial charge >= 0.3 is 0 Å². The van der Waals surface area contributed by atoms with Gasteiger partial charge in [0.2, 0.25) is 0 Å². The Labute approximate surface area is 110 Å². The van der Waals surface area contributed by atoms with Crippen LogP contribution in [0.3, 0.4) is 0 Å². The molecule has 1 aliphatic rings. The number of aliphatic hydroxyl groups excluding tert-OH is 2. The van der Waals surface area contributed by atoms with E-state index in [2.05, 4.69) is 9.97 Å². The first kappa shape index (κ1) is 12.4. The van der Waals surface area contributed by atoms with E-state index in [1.165, 1.54) is 0 Å². The van der Waals surface area contributed by atoms with E-state index in [-0.39, 0.29) is 0 Å². The van der Waals surface area contributed by atoms with E-state index < -0.39 is 12.2 Å². The predicted molar refractivity (Wildman–Crippen MR) is 72.7 cm³/mol. The van der Waals surface area contributed by atoms with Crippen molar-refractivity contribution in [2.45, 2.75) is 18.6 Å². The Morgan fingerprint density at radius 2 is 2.05 bits per heavy atom. The average Bonchev–Trinajstić information content (AvgIpc) is 2.90. The Morgan fingerprint density at radius 1 is 1.32 bits per heavy atom. The summed E-state index contributed by atoms with van der Waals surface area (Å²) in [5.41, 5.74) is 8.29. The average molecular weight is 262 g/mol. The van der Waals surface area contributed by atoms with E-state index in [0.717, 1.165) is 29.8 Å². The molecule has 0 spiro atoms. The Kier molecular flexibility index (Phi) is 3.14. The number of nitrogens with two attached hydrogens (primary N) is 1. The maximum absolute atomic E-state index is 9.48. The fourth-order valence-electron chi connectivity index (χ4n) is 2.49. The summed E-state index contributed by atoms with van der Waals surface area (Å²) in [5, 5.41) is 19.0. The van der Waals surface area contributed by atoms with Gasteiger partial charge in [-0.25, -0.2) is 4.98 Å². The summed E-state index contributed by atoms with van der Waals surface area (Å²) in [5.74, 6) is 0.900. The molecule has 19 heavy (non-hydrogen) atoms. The number of nitrogen functional groups attached to an aromatic ring is 1. The molecule has 0 aliphatic carbocycles. The number of imidazole rings is 1. The smallest absolute Gasteiger partial charge is 0.108 e. The van der Waals surface area contributed by atoms with Gasteiger partial charge in [0, 0.05) is 31.7 Å². The van der Waals surface area contributed by atoms with Crippen LogP contribution in [0.2, 0.25) is 0 Å². The number of rotatable bonds is 3. The van der Waals surface area contributed by atoms with Crippen molar-refractivity contribution in [2.75, 3.05) is 25.4 Å². The van der Waals surface area contributed by atoms with Gasteiger partial charge in [-0.3, -0.25) is 4.90 Å². The highest BCUT2D eigenvalue weighted by Crippen LogP contribution is 2.16. The summed E-state index contributed by atoms with van der Waals surface area (Å²) >= 11 is 0. The Bertz CT molecular complexity index is 573. The molecule has 5 N–H and O–H groups in total. The standard InChI is InChI=1S/C13H18N4O2/c14-8-1-2-9-10(5-8)16-13(15-9)3-4-17-6-11(18)12(19)7-17/h1-2,5,11-12,18-19H,3-4,6-7,14H2,(H,15,16). The van der Waals surface area contributed by atoms with Gasteiger partial charge in [0.1, 0.15) is 5.82 Å². The molecule has 2 unspecified atom stereocenters. The molecule has 2 heterocycles. The first-order chi connectivity index (χ1) is 9.11. The topological polar surface area (TPSA) is 98.4 Å². The molecule has 102 valence electrons. The predicted octanol–water partition coefficient (Wildman–Crippen LogP) is -0.275. The van der Waals surface area contributed by atoms with Crippen LogP contribution in [0.4, 0.5) is 5.69 Å². The van der Waals surface area contributed by atoms with Gasteiger partial charge in [0.25, 0.3) is 0 Å². The number of H-pyrrole nitrogens is 1. The summed E-state index contributed by atoms with van der Waals surface area (Å²) in [4.78, 5) is 9.77. The van der Waals surface area contributed by atoms with Crippen molar-refractivity contribution in [1.82, 2.24) is 14.9 Å². The second-order valence-electron chi connectivity index (χ2n) is 5.10. The van der Waals surface area contributed by atoms with E-state index in [9.17, 15) is 10.2 Å². The van der Waals surface area contributed by atoms with Crippen LogP contribution in [0.25, 0.3) is 11.0 Å². The van der Waals surface area contributed by atoms with Crippen molar-refractivity contribution in [3.63, 3.8) is 0 Å². The maximum Gasteiger partial charge on any atom is 0.108 e. The number of benzene rings is 1. The Hall–Kier alpha value is -1.63. The van der Waals surface area contributed by atoms with E-state index in [1.54, 1.807) is 0 Å². The minimum atomic E-state index is -0.629. The molecule has 3 rings (SSSR count). The molecular weight excluding hydrogens is 244 g/mol. The minimum absolute atomic E-state index is 0.522. The van der Waals surface area contributed by atoms with Gasteiger partial charge in [-0.05, 0) is 18.2 Å². The monoisotopic (exact) mass is 262 g/mol. The highest BCUT2D eigenvalue weighted by Gasteiger charge is 2.29. The van der Waals surface area contributed by atoms with Crippen LogP contribution in [0.5, 0.6) is 0 Å². The van der Waals surface area contributed by atoms with Crippen molar-refractivity contribution in [3.8, 4) is 0 Å². The SMILES string of the molecule is Nc1ccc2nc(CCN3CC(O)C(O)C3)[nH]c2c1. The van der Waals surface area contributed by atoms with Crippen molar-refractivity contribution < 1.29 is 10.2 Å². The maximum atomic E-state index is 9.48. The van der Waals surface area contributed by atoms with Crippen LogP contribution in [-0.2, 0) is 6.42 Å². The minimum Gasteiger partial charge on any atom is -0.399 e. The third-order valence-corrected chi connectivity index (χ3v) is 3.55. The molecule has 0 bridgehead atoms. The number of fused-ring (bicyclic) bond motifs is 1. The molecule has 1 aliphatic heterocycles. The van der Waals surface area contributed by atoms with Crippen molar-refractivity contribution >= 4 is 16.7 Å². The summed E-state index contributed by atoms with van der Waals surface area (Å²) < 4.78 is 0. The van der Waals surface area contributed by atoms with Gasteiger partial charge in [0.15, 0.2) is 0 Å². The molecule has 0 saturated carbocycles. The summed E-state index contributed by atoms with van der Waals surface area (Å²) in [7, 11) is 0. The second kappa shape index (κ2) is 4.80. The van der Waals surface area contributed by atoms with E-state index >= 15 is 0 Å². The summed E-state index contributed by atoms with van der Waals surface area (Å²) in [6, 6.07) is 5.60. The van der Waals surface area contributed by atoms with Gasteiger partial charge in [-0.2, -0.15) is 0 Å². The van der Waals surface area contributed by atoms with E-state index in [4.69, 9.17) is 5.73 Å². The summed E-state index contributed by atoms with van der Waals surface area (Å²) in [6.45, 7) is 1.81. The highest BCUT2D eigenvalue weighted by molar-refractivity contribution is 5.78. The van der Waals surface area contributed by atoms with Crippen LogP contribution in [0.15, 0.2) is 18.2 Å². The van der Waals surface area contributed by atoms with Gasteiger partial charge in [-0.1, -0.05) is 0 Å². The fraction of sp³-hybridized carbons (Fsp3) is 0.462.